The fourth-order valence-corrected chi connectivity index (χ4v) is 2.92. The standard InChI is InChI=1S/C16H15ClN4O2S/c1-9-14(15(24-3)21-23-9)12-6-7-18-16(19-12)20-13-8-10(22-2)4-5-11(13)17/h4-8H,1-3H3,(H,18,19,20). The Labute approximate surface area is 148 Å². The van der Waals surface area contributed by atoms with E-state index in [9.17, 15) is 0 Å². The molecule has 24 heavy (non-hydrogen) atoms. The molecule has 3 rings (SSSR count). The Hall–Kier alpha value is -2.25. The van der Waals surface area contributed by atoms with Crippen molar-refractivity contribution in [1.29, 1.82) is 0 Å². The van der Waals surface area contributed by atoms with Gasteiger partial charge in [-0.05, 0) is 31.4 Å². The first-order valence-electron chi connectivity index (χ1n) is 7.06. The molecule has 0 atom stereocenters. The fourth-order valence-electron chi connectivity index (χ4n) is 2.19. The number of nitrogens with one attached hydrogen (secondary N) is 1. The highest BCUT2D eigenvalue weighted by atomic mass is 35.5. The van der Waals surface area contributed by atoms with Crippen LogP contribution < -0.4 is 10.1 Å². The van der Waals surface area contributed by atoms with Crippen LogP contribution >= 0.6 is 23.4 Å². The molecule has 0 saturated carbocycles. The summed E-state index contributed by atoms with van der Waals surface area (Å²) in [5.74, 6) is 1.83. The monoisotopic (exact) mass is 362 g/mol. The van der Waals surface area contributed by atoms with Crippen LogP contribution in [0.15, 0.2) is 40.0 Å². The van der Waals surface area contributed by atoms with E-state index in [-0.39, 0.29) is 0 Å². The number of aromatic nitrogens is 3. The van der Waals surface area contributed by atoms with Crippen LogP contribution in [0.5, 0.6) is 5.75 Å². The van der Waals surface area contributed by atoms with E-state index >= 15 is 0 Å². The van der Waals surface area contributed by atoms with E-state index < -0.39 is 0 Å². The molecule has 0 radical (unpaired) electrons. The highest BCUT2D eigenvalue weighted by molar-refractivity contribution is 7.98. The molecule has 1 aromatic carbocycles. The lowest BCUT2D eigenvalue weighted by molar-refractivity contribution is 0.384. The molecule has 0 fully saturated rings. The number of nitrogens with zero attached hydrogens (tertiary/aromatic N) is 3. The third-order valence-electron chi connectivity index (χ3n) is 3.36. The van der Waals surface area contributed by atoms with Crippen molar-refractivity contribution >= 4 is 35.0 Å². The van der Waals surface area contributed by atoms with Crippen molar-refractivity contribution in [3.05, 3.63) is 41.2 Å². The Bertz CT molecular complexity index is 869. The predicted molar refractivity (Wildman–Crippen MR) is 95.3 cm³/mol. The lowest BCUT2D eigenvalue weighted by atomic mass is 10.2. The Kier molecular flexibility index (Phi) is 4.92. The zero-order valence-corrected chi connectivity index (χ0v) is 14.9. The molecule has 8 heteroatoms. The molecule has 6 nitrogen and oxygen atoms in total. The van der Waals surface area contributed by atoms with Crippen molar-refractivity contribution in [2.75, 3.05) is 18.7 Å². The molecular formula is C16H15ClN4O2S. The Morgan fingerprint density at radius 2 is 2.12 bits per heavy atom. The first-order chi connectivity index (χ1) is 11.6. The molecule has 0 saturated heterocycles. The SMILES string of the molecule is COc1ccc(Cl)c(Nc2nccc(-c3c(SC)noc3C)n2)c1. The summed E-state index contributed by atoms with van der Waals surface area (Å²) in [5.41, 5.74) is 2.26. The van der Waals surface area contributed by atoms with E-state index in [2.05, 4.69) is 20.4 Å². The van der Waals surface area contributed by atoms with Gasteiger partial charge in [0, 0.05) is 12.3 Å². The van der Waals surface area contributed by atoms with Crippen molar-refractivity contribution in [2.24, 2.45) is 0 Å². The Morgan fingerprint density at radius 1 is 1.29 bits per heavy atom. The highest BCUT2D eigenvalue weighted by Crippen LogP contribution is 2.33. The molecule has 0 bridgehead atoms. The summed E-state index contributed by atoms with van der Waals surface area (Å²) in [7, 11) is 1.60. The first-order valence-corrected chi connectivity index (χ1v) is 8.67. The molecule has 3 aromatic rings. The van der Waals surface area contributed by atoms with Crippen LogP contribution in [0.1, 0.15) is 5.76 Å². The van der Waals surface area contributed by atoms with Gasteiger partial charge in [-0.15, -0.1) is 11.8 Å². The minimum Gasteiger partial charge on any atom is -0.497 e. The third-order valence-corrected chi connectivity index (χ3v) is 4.35. The zero-order chi connectivity index (χ0) is 17.1. The average molecular weight is 363 g/mol. The summed E-state index contributed by atoms with van der Waals surface area (Å²) in [6.45, 7) is 1.86. The number of halogens is 1. The predicted octanol–water partition coefficient (Wildman–Crippen LogP) is 4.57. The van der Waals surface area contributed by atoms with Gasteiger partial charge < -0.3 is 14.6 Å². The van der Waals surface area contributed by atoms with Gasteiger partial charge in [-0.3, -0.25) is 0 Å². The summed E-state index contributed by atoms with van der Waals surface area (Å²) in [4.78, 5) is 8.79. The van der Waals surface area contributed by atoms with Gasteiger partial charge >= 0.3 is 0 Å². The molecule has 0 aliphatic rings. The molecular weight excluding hydrogens is 348 g/mol. The van der Waals surface area contributed by atoms with Crippen molar-refractivity contribution in [1.82, 2.24) is 15.1 Å². The van der Waals surface area contributed by atoms with Gasteiger partial charge in [0.15, 0.2) is 0 Å². The maximum Gasteiger partial charge on any atom is 0.227 e. The number of benzene rings is 1. The quantitative estimate of drug-likeness (QED) is 0.666. The number of hydrogen-bond donors (Lipinski definition) is 1. The number of ether oxygens (including phenoxy) is 1. The van der Waals surface area contributed by atoms with Gasteiger partial charge in [-0.2, -0.15) is 0 Å². The molecule has 2 aromatic heterocycles. The van der Waals surface area contributed by atoms with E-state index in [4.69, 9.17) is 20.9 Å². The first kappa shape index (κ1) is 16.6. The van der Waals surface area contributed by atoms with E-state index in [1.54, 1.807) is 31.5 Å². The lowest BCUT2D eigenvalue weighted by Gasteiger charge is -2.09. The fraction of sp³-hybridized carbons (Fsp3) is 0.188. The Balaban J connectivity index is 1.95. The van der Waals surface area contributed by atoms with Crippen molar-refractivity contribution < 1.29 is 9.26 Å². The zero-order valence-electron chi connectivity index (χ0n) is 13.3. The molecule has 0 aliphatic heterocycles. The van der Waals surface area contributed by atoms with Gasteiger partial charge in [0.2, 0.25) is 5.95 Å². The Morgan fingerprint density at radius 3 is 2.88 bits per heavy atom. The normalized spacial score (nSPS) is 10.7. The van der Waals surface area contributed by atoms with E-state index in [1.807, 2.05) is 19.2 Å². The van der Waals surface area contributed by atoms with Crippen LogP contribution in [-0.2, 0) is 0 Å². The van der Waals surface area contributed by atoms with E-state index in [1.165, 1.54) is 11.8 Å². The van der Waals surface area contributed by atoms with Crippen LogP contribution in [0.25, 0.3) is 11.3 Å². The highest BCUT2D eigenvalue weighted by Gasteiger charge is 2.16. The molecule has 0 amide bonds. The van der Waals surface area contributed by atoms with Gasteiger partial charge in [-0.1, -0.05) is 16.8 Å². The second-order valence-corrected chi connectivity index (χ2v) is 6.06. The molecule has 2 heterocycles. The minimum absolute atomic E-state index is 0.426. The van der Waals surface area contributed by atoms with Gasteiger partial charge in [0.1, 0.15) is 16.5 Å². The summed E-state index contributed by atoms with van der Waals surface area (Å²) in [5, 5.41) is 8.48. The number of rotatable bonds is 5. The summed E-state index contributed by atoms with van der Waals surface area (Å²) in [6.07, 6.45) is 3.62. The number of anilines is 2. The molecule has 1 N–H and O–H groups in total. The summed E-state index contributed by atoms with van der Waals surface area (Å²) >= 11 is 7.72. The molecule has 0 aliphatic carbocycles. The largest absolute Gasteiger partial charge is 0.497 e. The van der Waals surface area contributed by atoms with Gasteiger partial charge in [0.05, 0.1) is 29.1 Å². The van der Waals surface area contributed by atoms with Crippen LogP contribution in [0.3, 0.4) is 0 Å². The molecule has 0 spiro atoms. The number of methoxy groups -OCH3 is 1. The van der Waals surface area contributed by atoms with E-state index in [0.717, 1.165) is 16.3 Å². The summed E-state index contributed by atoms with van der Waals surface area (Å²) in [6, 6.07) is 7.15. The lowest BCUT2D eigenvalue weighted by Crippen LogP contribution is -1.99. The van der Waals surface area contributed by atoms with E-state index in [0.29, 0.717) is 28.2 Å². The van der Waals surface area contributed by atoms with Crippen molar-refractivity contribution in [3.63, 3.8) is 0 Å². The van der Waals surface area contributed by atoms with Crippen LogP contribution in [0.4, 0.5) is 11.6 Å². The molecule has 124 valence electrons. The number of aryl methyl sites for hydroxylation is 1. The van der Waals surface area contributed by atoms with Gasteiger partial charge in [0.25, 0.3) is 0 Å². The number of thioether (sulfide) groups is 1. The topological polar surface area (TPSA) is 73.1 Å². The summed E-state index contributed by atoms with van der Waals surface area (Å²) < 4.78 is 10.5. The van der Waals surface area contributed by atoms with Crippen molar-refractivity contribution in [2.45, 2.75) is 11.9 Å². The average Bonchev–Trinajstić information content (AvgIpc) is 2.98. The van der Waals surface area contributed by atoms with Crippen LogP contribution in [0, 0.1) is 6.92 Å². The van der Waals surface area contributed by atoms with Crippen LogP contribution in [-0.4, -0.2) is 28.5 Å². The number of hydrogen-bond acceptors (Lipinski definition) is 7. The third kappa shape index (κ3) is 3.32. The maximum atomic E-state index is 6.21. The second kappa shape index (κ2) is 7.11. The maximum absolute atomic E-state index is 6.21. The second-order valence-electron chi connectivity index (χ2n) is 4.86. The smallest absolute Gasteiger partial charge is 0.227 e. The van der Waals surface area contributed by atoms with Crippen LogP contribution in [0.2, 0.25) is 5.02 Å². The minimum atomic E-state index is 0.426. The van der Waals surface area contributed by atoms with Crippen molar-refractivity contribution in [3.8, 4) is 17.0 Å². The van der Waals surface area contributed by atoms with Gasteiger partial charge in [-0.25, -0.2) is 9.97 Å². The molecule has 0 unspecified atom stereocenters.